The highest BCUT2D eigenvalue weighted by Crippen LogP contribution is 2.51. The van der Waals surface area contributed by atoms with Gasteiger partial charge in [0.1, 0.15) is 0 Å². The second kappa shape index (κ2) is 7.27. The molecule has 0 bridgehead atoms. The van der Waals surface area contributed by atoms with Crippen LogP contribution in [0.15, 0.2) is 36.4 Å². The van der Waals surface area contributed by atoms with Gasteiger partial charge < -0.3 is 10.0 Å². The fraction of sp³-hybridized carbons (Fsp3) is 0.435. The van der Waals surface area contributed by atoms with E-state index in [2.05, 4.69) is 52.0 Å². The number of phenolic OH excluding ortho intramolecular Hbond substituents is 1. The van der Waals surface area contributed by atoms with Gasteiger partial charge in [-0.1, -0.05) is 75.2 Å². The molecule has 0 saturated carbocycles. The first-order chi connectivity index (χ1) is 13.0. The summed E-state index contributed by atoms with van der Waals surface area (Å²) in [5.74, 6) is -0.324. The lowest BCUT2D eigenvalue weighted by atomic mass is 9.55. The van der Waals surface area contributed by atoms with Crippen molar-refractivity contribution in [3.05, 3.63) is 63.1 Å². The van der Waals surface area contributed by atoms with Crippen molar-refractivity contribution in [3.8, 4) is 5.75 Å². The Morgan fingerprint density at radius 3 is 2.29 bits per heavy atom. The van der Waals surface area contributed by atoms with Gasteiger partial charge in [-0.05, 0) is 47.4 Å². The number of carbonyl (C=O) groups excluding carboxylic acids is 1. The number of phenols is 1. The summed E-state index contributed by atoms with van der Waals surface area (Å²) in [7, 11) is 0. The van der Waals surface area contributed by atoms with E-state index in [9.17, 15) is 9.90 Å². The van der Waals surface area contributed by atoms with Gasteiger partial charge in [0, 0.05) is 18.2 Å². The standard InChI is InChI=1S/C23H27Cl2NO2/c1-6-26(21(28)15-11-17(24)20(27)18(25)12-15)19-13-14-9-7-8-10-16(14)22(2,3)23(19,4)5/h7-12,19,27H,6,13H2,1-5H3/t19-/m1/s1. The smallest absolute Gasteiger partial charge is 0.254 e. The van der Waals surface area contributed by atoms with Crippen LogP contribution in [0.4, 0.5) is 0 Å². The van der Waals surface area contributed by atoms with Gasteiger partial charge in [-0.15, -0.1) is 0 Å². The monoisotopic (exact) mass is 419 g/mol. The van der Waals surface area contributed by atoms with Crippen LogP contribution in [0, 0.1) is 5.41 Å². The van der Waals surface area contributed by atoms with Gasteiger partial charge in [-0.25, -0.2) is 0 Å². The van der Waals surface area contributed by atoms with Gasteiger partial charge in [0.25, 0.3) is 5.91 Å². The lowest BCUT2D eigenvalue weighted by molar-refractivity contribution is 0.0215. The molecule has 0 radical (unpaired) electrons. The normalized spacial score (nSPS) is 19.8. The summed E-state index contributed by atoms with van der Waals surface area (Å²) < 4.78 is 0. The molecule has 1 N–H and O–H groups in total. The maximum Gasteiger partial charge on any atom is 0.254 e. The van der Waals surface area contributed by atoms with Gasteiger partial charge in [-0.3, -0.25) is 4.79 Å². The largest absolute Gasteiger partial charge is 0.505 e. The number of hydrogen-bond acceptors (Lipinski definition) is 2. The van der Waals surface area contributed by atoms with Crippen molar-refractivity contribution in [2.24, 2.45) is 5.41 Å². The molecule has 3 rings (SSSR count). The van der Waals surface area contributed by atoms with Gasteiger partial charge in [-0.2, -0.15) is 0 Å². The Labute approximate surface area is 177 Å². The van der Waals surface area contributed by atoms with E-state index in [0.29, 0.717) is 12.1 Å². The van der Waals surface area contributed by atoms with Crippen LogP contribution in [-0.4, -0.2) is 28.5 Å². The average Bonchev–Trinajstić information content (AvgIpc) is 2.64. The number of carbonyl (C=O) groups is 1. The van der Waals surface area contributed by atoms with E-state index in [1.54, 1.807) is 0 Å². The summed E-state index contributed by atoms with van der Waals surface area (Å²) in [6, 6.07) is 11.5. The quantitative estimate of drug-likeness (QED) is 0.653. The Hall–Kier alpha value is -1.71. The maximum absolute atomic E-state index is 13.4. The van der Waals surface area contributed by atoms with Gasteiger partial charge in [0.15, 0.2) is 5.75 Å². The predicted molar refractivity (Wildman–Crippen MR) is 116 cm³/mol. The number of fused-ring (bicyclic) bond motifs is 1. The van der Waals surface area contributed by atoms with E-state index in [-0.39, 0.29) is 38.6 Å². The molecule has 1 amide bonds. The van der Waals surface area contributed by atoms with E-state index >= 15 is 0 Å². The zero-order valence-corrected chi connectivity index (χ0v) is 18.5. The van der Waals surface area contributed by atoms with Crippen molar-refractivity contribution in [3.63, 3.8) is 0 Å². The van der Waals surface area contributed by atoms with Crippen LogP contribution >= 0.6 is 23.2 Å². The number of aromatic hydroxyl groups is 1. The maximum atomic E-state index is 13.4. The molecule has 0 aliphatic heterocycles. The van der Waals surface area contributed by atoms with Crippen LogP contribution in [0.1, 0.15) is 56.1 Å². The summed E-state index contributed by atoms with van der Waals surface area (Å²) in [4.78, 5) is 15.3. The Bertz CT molecular complexity index is 898. The molecule has 3 nitrogen and oxygen atoms in total. The van der Waals surface area contributed by atoms with Crippen LogP contribution in [0.25, 0.3) is 0 Å². The van der Waals surface area contributed by atoms with Crippen LogP contribution in [0.3, 0.4) is 0 Å². The third-order valence-electron chi connectivity index (χ3n) is 6.79. The number of halogens is 2. The molecule has 150 valence electrons. The van der Waals surface area contributed by atoms with Crippen molar-refractivity contribution in [1.29, 1.82) is 0 Å². The van der Waals surface area contributed by atoms with Crippen molar-refractivity contribution >= 4 is 29.1 Å². The summed E-state index contributed by atoms with van der Waals surface area (Å²) >= 11 is 12.1. The molecule has 0 fully saturated rings. The molecule has 2 aromatic rings. The minimum Gasteiger partial charge on any atom is -0.505 e. The number of nitrogens with zero attached hydrogens (tertiary/aromatic N) is 1. The van der Waals surface area contributed by atoms with Crippen molar-refractivity contribution in [2.45, 2.75) is 52.5 Å². The summed E-state index contributed by atoms with van der Waals surface area (Å²) in [5, 5.41) is 10.00. The summed E-state index contributed by atoms with van der Waals surface area (Å²) in [6.07, 6.45) is 0.797. The summed E-state index contributed by atoms with van der Waals surface area (Å²) in [5.41, 5.74) is 2.75. The first-order valence-electron chi connectivity index (χ1n) is 9.59. The first-order valence-corrected chi connectivity index (χ1v) is 10.3. The molecule has 1 aliphatic rings. The van der Waals surface area contributed by atoms with Crippen LogP contribution in [0.2, 0.25) is 10.0 Å². The number of amides is 1. The van der Waals surface area contributed by atoms with E-state index in [1.807, 2.05) is 11.8 Å². The minimum absolute atomic E-state index is 0.0151. The van der Waals surface area contributed by atoms with Crippen molar-refractivity contribution in [2.75, 3.05) is 6.54 Å². The second-order valence-corrected chi connectivity index (χ2v) is 9.42. The van der Waals surface area contributed by atoms with Crippen molar-refractivity contribution in [1.82, 2.24) is 4.90 Å². The molecule has 1 aliphatic carbocycles. The van der Waals surface area contributed by atoms with Crippen LogP contribution < -0.4 is 0 Å². The lowest BCUT2D eigenvalue weighted by Gasteiger charge is -2.55. The number of hydrogen-bond donors (Lipinski definition) is 1. The Morgan fingerprint density at radius 1 is 1.14 bits per heavy atom. The molecule has 1 atom stereocenters. The van der Waals surface area contributed by atoms with E-state index in [4.69, 9.17) is 23.2 Å². The SMILES string of the molecule is CCN(C(=O)c1cc(Cl)c(O)c(Cl)c1)[C@@H]1Cc2ccccc2C(C)(C)C1(C)C. The molecular formula is C23H27Cl2NO2. The topological polar surface area (TPSA) is 40.5 Å². The molecule has 28 heavy (non-hydrogen) atoms. The lowest BCUT2D eigenvalue weighted by Crippen LogP contribution is -2.58. The predicted octanol–water partition coefficient (Wildman–Crippen LogP) is 6.09. The Kier molecular flexibility index (Phi) is 5.46. The fourth-order valence-corrected chi connectivity index (χ4v) is 4.88. The Balaban J connectivity index is 2.06. The fourth-order valence-electron chi connectivity index (χ4n) is 4.40. The third-order valence-corrected chi connectivity index (χ3v) is 7.37. The van der Waals surface area contributed by atoms with E-state index < -0.39 is 0 Å². The number of likely N-dealkylation sites (N-methyl/N-ethyl adjacent to an activating group) is 1. The molecule has 0 saturated heterocycles. The molecule has 2 aromatic carbocycles. The average molecular weight is 420 g/mol. The minimum atomic E-state index is -0.198. The highest BCUT2D eigenvalue weighted by molar-refractivity contribution is 6.37. The summed E-state index contributed by atoms with van der Waals surface area (Å²) in [6.45, 7) is 11.5. The second-order valence-electron chi connectivity index (χ2n) is 8.60. The molecule has 0 heterocycles. The van der Waals surface area contributed by atoms with Gasteiger partial charge in [0.2, 0.25) is 0 Å². The molecule has 0 aromatic heterocycles. The zero-order chi connectivity index (χ0) is 20.9. The zero-order valence-electron chi connectivity index (χ0n) is 17.0. The van der Waals surface area contributed by atoms with E-state index in [1.165, 1.54) is 23.3 Å². The number of benzene rings is 2. The molecule has 0 unspecified atom stereocenters. The number of rotatable bonds is 3. The third kappa shape index (κ3) is 3.19. The van der Waals surface area contributed by atoms with Crippen molar-refractivity contribution < 1.29 is 9.90 Å². The molecule has 0 spiro atoms. The molecular weight excluding hydrogens is 393 g/mol. The highest BCUT2D eigenvalue weighted by Gasteiger charge is 2.51. The van der Waals surface area contributed by atoms with Crippen LogP contribution in [-0.2, 0) is 11.8 Å². The van der Waals surface area contributed by atoms with Gasteiger partial charge in [0.05, 0.1) is 10.0 Å². The van der Waals surface area contributed by atoms with Gasteiger partial charge >= 0.3 is 0 Å². The van der Waals surface area contributed by atoms with Crippen LogP contribution in [0.5, 0.6) is 5.75 Å². The first kappa shape index (κ1) is 21.0. The molecule has 5 heteroatoms. The van der Waals surface area contributed by atoms with E-state index in [0.717, 1.165) is 6.42 Å². The Morgan fingerprint density at radius 2 is 1.71 bits per heavy atom. The highest BCUT2D eigenvalue weighted by atomic mass is 35.5.